The Labute approximate surface area is 104 Å². The number of nitrogens with zero attached hydrogens (tertiary/aromatic N) is 2. The van der Waals surface area contributed by atoms with Crippen LogP contribution in [0.4, 0.5) is 4.79 Å². The van der Waals surface area contributed by atoms with Crippen LogP contribution in [0.3, 0.4) is 0 Å². The quantitative estimate of drug-likeness (QED) is 0.461. The van der Waals surface area contributed by atoms with Gasteiger partial charge in [-0.2, -0.15) is 0 Å². The van der Waals surface area contributed by atoms with Gasteiger partial charge in [-0.3, -0.25) is 4.90 Å². The van der Waals surface area contributed by atoms with E-state index in [-0.39, 0.29) is 0 Å². The summed E-state index contributed by atoms with van der Waals surface area (Å²) in [5.41, 5.74) is 0. The molecular formula is C10H21N2O2S2+. The van der Waals surface area contributed by atoms with E-state index in [4.69, 9.17) is 5.11 Å². The Bertz CT molecular complexity index is 219. The van der Waals surface area contributed by atoms with Gasteiger partial charge in [0.25, 0.3) is 0 Å². The van der Waals surface area contributed by atoms with Crippen LogP contribution in [0.5, 0.6) is 0 Å². The van der Waals surface area contributed by atoms with Crippen molar-refractivity contribution in [3.05, 3.63) is 0 Å². The highest BCUT2D eigenvalue weighted by atomic mass is 33.1. The average molecular weight is 265 g/mol. The summed E-state index contributed by atoms with van der Waals surface area (Å²) in [4.78, 5) is 14.6. The lowest BCUT2D eigenvalue weighted by atomic mass is 10.3. The molecule has 0 unspecified atom stereocenters. The second kappa shape index (κ2) is 7.29. The molecule has 0 radical (unpaired) electrons. The Morgan fingerprint density at radius 1 is 1.31 bits per heavy atom. The lowest BCUT2D eigenvalue weighted by molar-refractivity contribution is 0.106. The summed E-state index contributed by atoms with van der Waals surface area (Å²) in [6.45, 7) is 4.21. The molecule has 1 rings (SSSR count). The number of rotatable bonds is 5. The molecule has 4 nitrogen and oxygen atoms in total. The molecule has 6 heteroatoms. The largest absolute Gasteiger partial charge is 0.465 e. The van der Waals surface area contributed by atoms with Crippen LogP contribution in [0.15, 0.2) is 0 Å². The molecule has 0 bridgehead atoms. The predicted octanol–water partition coefficient (Wildman–Crippen LogP) is 1.20. The molecule has 1 aliphatic heterocycles. The molecule has 1 aliphatic rings. The molecule has 0 aromatic carbocycles. The number of hydrogen-bond donors (Lipinski definition) is 1. The first-order valence-corrected chi connectivity index (χ1v) is 9.05. The Kier molecular flexibility index (Phi) is 6.38. The SMILES string of the molecule is C[S+](C)SCCCN1CCN(C(=O)O)CC1. The van der Waals surface area contributed by atoms with Crippen LogP contribution >= 0.6 is 10.8 Å². The smallest absolute Gasteiger partial charge is 0.407 e. The third-order valence-corrected chi connectivity index (χ3v) is 5.42. The molecule has 0 atom stereocenters. The normalized spacial score (nSPS) is 18.1. The summed E-state index contributed by atoms with van der Waals surface area (Å²) < 4.78 is 0. The molecule has 1 N–H and O–H groups in total. The zero-order valence-electron chi connectivity index (χ0n) is 10.0. The molecule has 0 spiro atoms. The summed E-state index contributed by atoms with van der Waals surface area (Å²) in [7, 11) is 2.50. The van der Waals surface area contributed by atoms with Crippen molar-refractivity contribution < 1.29 is 9.90 Å². The molecule has 0 saturated carbocycles. The number of amides is 1. The molecule has 0 aliphatic carbocycles. The molecule has 1 saturated heterocycles. The van der Waals surface area contributed by atoms with E-state index in [1.807, 2.05) is 10.8 Å². The first-order valence-electron chi connectivity index (χ1n) is 5.50. The van der Waals surface area contributed by atoms with Crippen LogP contribution in [0.25, 0.3) is 0 Å². The van der Waals surface area contributed by atoms with Crippen molar-refractivity contribution in [3.8, 4) is 0 Å². The third kappa shape index (κ3) is 5.32. The fraction of sp³-hybridized carbons (Fsp3) is 0.900. The van der Waals surface area contributed by atoms with Gasteiger partial charge in [-0.15, -0.1) is 0 Å². The maximum absolute atomic E-state index is 10.7. The van der Waals surface area contributed by atoms with Crippen LogP contribution in [0.1, 0.15) is 6.42 Å². The van der Waals surface area contributed by atoms with Crippen molar-refractivity contribution in [1.82, 2.24) is 9.80 Å². The Balaban J connectivity index is 2.06. The summed E-state index contributed by atoms with van der Waals surface area (Å²) in [5.74, 6) is 1.22. The van der Waals surface area contributed by atoms with E-state index >= 15 is 0 Å². The maximum Gasteiger partial charge on any atom is 0.407 e. The lowest BCUT2D eigenvalue weighted by Gasteiger charge is -2.32. The minimum absolute atomic E-state index is 0.478. The van der Waals surface area contributed by atoms with Gasteiger partial charge in [0.2, 0.25) is 0 Å². The van der Waals surface area contributed by atoms with Gasteiger partial charge in [-0.05, 0) is 13.0 Å². The highest BCUT2D eigenvalue weighted by molar-refractivity contribution is 8.73. The van der Waals surface area contributed by atoms with Gasteiger partial charge < -0.3 is 10.0 Å². The molecule has 0 aromatic heterocycles. The standard InChI is InChI=1S/C10H20N2O2S2/c1-16(2)15-9-3-4-11-5-7-12(8-6-11)10(13)14/h3-9H2,1-2H3/p+1. The fourth-order valence-electron chi connectivity index (χ4n) is 1.68. The topological polar surface area (TPSA) is 43.8 Å². The number of piperazine rings is 1. The average Bonchev–Trinajstić information content (AvgIpc) is 2.25. The van der Waals surface area contributed by atoms with Crippen LogP contribution in [-0.2, 0) is 9.93 Å². The summed E-state index contributed by atoms with van der Waals surface area (Å²) in [5, 5.41) is 8.80. The van der Waals surface area contributed by atoms with E-state index < -0.39 is 6.09 Å². The summed E-state index contributed by atoms with van der Waals surface area (Å²) in [6.07, 6.45) is 4.92. The van der Waals surface area contributed by atoms with E-state index in [0.29, 0.717) is 23.0 Å². The van der Waals surface area contributed by atoms with Crippen molar-refractivity contribution >= 4 is 26.8 Å². The predicted molar refractivity (Wildman–Crippen MR) is 72.3 cm³/mol. The van der Waals surface area contributed by atoms with Crippen LogP contribution in [0.2, 0.25) is 0 Å². The second-order valence-corrected chi connectivity index (χ2v) is 8.86. The lowest BCUT2D eigenvalue weighted by Crippen LogP contribution is -2.48. The minimum Gasteiger partial charge on any atom is -0.465 e. The minimum atomic E-state index is -0.781. The number of carbonyl (C=O) groups is 1. The first kappa shape index (κ1) is 14.0. The van der Waals surface area contributed by atoms with Crippen molar-refractivity contribution in [1.29, 1.82) is 0 Å². The zero-order valence-corrected chi connectivity index (χ0v) is 11.6. The van der Waals surface area contributed by atoms with Crippen LogP contribution in [0, 0.1) is 0 Å². The van der Waals surface area contributed by atoms with Gasteiger partial charge in [0.1, 0.15) is 12.5 Å². The molecule has 0 aromatic rings. The Morgan fingerprint density at radius 2 is 1.94 bits per heavy atom. The van der Waals surface area contributed by atoms with Gasteiger partial charge in [0.15, 0.2) is 0 Å². The summed E-state index contributed by atoms with van der Waals surface area (Å²) >= 11 is 0. The van der Waals surface area contributed by atoms with E-state index in [9.17, 15) is 4.79 Å². The van der Waals surface area contributed by atoms with Gasteiger partial charge in [0, 0.05) is 31.9 Å². The van der Waals surface area contributed by atoms with E-state index in [1.54, 1.807) is 0 Å². The van der Waals surface area contributed by atoms with Gasteiger partial charge >= 0.3 is 6.09 Å². The summed E-state index contributed by atoms with van der Waals surface area (Å²) in [6, 6.07) is 0. The van der Waals surface area contributed by atoms with E-state index in [1.165, 1.54) is 17.1 Å². The molecule has 94 valence electrons. The van der Waals surface area contributed by atoms with E-state index in [2.05, 4.69) is 17.4 Å². The number of hydrogen-bond acceptors (Lipinski definition) is 3. The van der Waals surface area contributed by atoms with Crippen LogP contribution < -0.4 is 0 Å². The van der Waals surface area contributed by atoms with E-state index in [0.717, 1.165) is 19.6 Å². The van der Waals surface area contributed by atoms with Crippen molar-refractivity contribution in [2.45, 2.75) is 6.42 Å². The monoisotopic (exact) mass is 265 g/mol. The van der Waals surface area contributed by atoms with Crippen molar-refractivity contribution in [3.63, 3.8) is 0 Å². The number of carboxylic acid groups (broad SMARTS) is 1. The zero-order chi connectivity index (χ0) is 12.0. The Hall–Kier alpha value is -0.0700. The third-order valence-electron chi connectivity index (χ3n) is 2.58. The maximum atomic E-state index is 10.7. The molecule has 16 heavy (non-hydrogen) atoms. The van der Waals surface area contributed by atoms with Gasteiger partial charge in [0.05, 0.1) is 20.7 Å². The highest BCUT2D eigenvalue weighted by Gasteiger charge is 2.19. The van der Waals surface area contributed by atoms with Crippen molar-refractivity contribution in [2.24, 2.45) is 0 Å². The molecular weight excluding hydrogens is 244 g/mol. The second-order valence-electron chi connectivity index (χ2n) is 4.03. The first-order chi connectivity index (χ1) is 7.59. The molecule has 1 heterocycles. The molecule has 1 fully saturated rings. The Morgan fingerprint density at radius 3 is 2.44 bits per heavy atom. The fourth-order valence-corrected chi connectivity index (χ4v) is 3.61. The van der Waals surface area contributed by atoms with Crippen molar-refractivity contribution in [2.75, 3.05) is 51.0 Å². The van der Waals surface area contributed by atoms with Gasteiger partial charge in [-0.1, -0.05) is 0 Å². The van der Waals surface area contributed by atoms with Crippen LogP contribution in [-0.4, -0.2) is 72.0 Å². The molecule has 1 amide bonds. The van der Waals surface area contributed by atoms with Gasteiger partial charge in [-0.25, -0.2) is 4.79 Å². The highest BCUT2D eigenvalue weighted by Crippen LogP contribution is 2.12.